The van der Waals surface area contributed by atoms with Gasteiger partial charge in [0.15, 0.2) is 0 Å². The summed E-state index contributed by atoms with van der Waals surface area (Å²) < 4.78 is 1.04. The van der Waals surface area contributed by atoms with Gasteiger partial charge in [-0.15, -0.1) is 0 Å². The fourth-order valence-electron chi connectivity index (χ4n) is 2.52. The van der Waals surface area contributed by atoms with E-state index < -0.39 is 0 Å². The fourth-order valence-corrected chi connectivity index (χ4v) is 3.66. The third-order valence-electron chi connectivity index (χ3n) is 3.67. The Kier molecular flexibility index (Phi) is 5.16. The van der Waals surface area contributed by atoms with E-state index in [0.29, 0.717) is 5.56 Å². The number of aromatic nitrogens is 1. The van der Waals surface area contributed by atoms with Crippen LogP contribution in [-0.4, -0.2) is 28.9 Å². The average molecular weight is 377 g/mol. The molecule has 1 amide bonds. The van der Waals surface area contributed by atoms with Crippen LogP contribution in [0.4, 0.5) is 0 Å². The van der Waals surface area contributed by atoms with E-state index in [0.717, 1.165) is 40.3 Å². The maximum atomic E-state index is 12.7. The van der Waals surface area contributed by atoms with E-state index in [1.165, 1.54) is 18.2 Å². The third kappa shape index (κ3) is 3.70. The second-order valence-electron chi connectivity index (χ2n) is 5.26. The SMILES string of the molecule is O=C(c1cccnc1Sc1ccc(Br)cc1)N1CCCCC1. The number of nitrogens with zero attached hydrogens (tertiary/aromatic N) is 2. The van der Waals surface area contributed by atoms with Crippen LogP contribution in [0.2, 0.25) is 0 Å². The molecule has 1 aromatic carbocycles. The molecule has 2 aromatic rings. The van der Waals surface area contributed by atoms with Gasteiger partial charge in [-0.3, -0.25) is 4.79 Å². The van der Waals surface area contributed by atoms with Crippen molar-refractivity contribution in [3.63, 3.8) is 0 Å². The molecule has 22 heavy (non-hydrogen) atoms. The minimum absolute atomic E-state index is 0.104. The molecule has 1 fully saturated rings. The molecular formula is C17H17BrN2OS. The van der Waals surface area contributed by atoms with Gasteiger partial charge in [0.25, 0.3) is 5.91 Å². The van der Waals surface area contributed by atoms with Crippen molar-refractivity contribution in [3.8, 4) is 0 Å². The van der Waals surface area contributed by atoms with Crippen LogP contribution in [0.5, 0.6) is 0 Å². The Labute approximate surface area is 143 Å². The second-order valence-corrected chi connectivity index (χ2v) is 7.24. The molecular weight excluding hydrogens is 360 g/mol. The summed E-state index contributed by atoms with van der Waals surface area (Å²) in [5.74, 6) is 0.104. The highest BCUT2D eigenvalue weighted by Crippen LogP contribution is 2.30. The zero-order valence-electron chi connectivity index (χ0n) is 12.2. The van der Waals surface area contributed by atoms with Crippen molar-refractivity contribution in [2.45, 2.75) is 29.2 Å². The van der Waals surface area contributed by atoms with Gasteiger partial charge >= 0.3 is 0 Å². The maximum absolute atomic E-state index is 12.7. The number of likely N-dealkylation sites (tertiary alicyclic amines) is 1. The Bertz CT molecular complexity index is 654. The number of rotatable bonds is 3. The van der Waals surface area contributed by atoms with Gasteiger partial charge in [0, 0.05) is 28.7 Å². The van der Waals surface area contributed by atoms with Crippen molar-refractivity contribution in [1.29, 1.82) is 0 Å². The zero-order valence-corrected chi connectivity index (χ0v) is 14.6. The van der Waals surface area contributed by atoms with Gasteiger partial charge in [0.1, 0.15) is 5.03 Å². The highest BCUT2D eigenvalue weighted by atomic mass is 79.9. The molecule has 0 radical (unpaired) electrons. The molecule has 1 aliphatic heterocycles. The Morgan fingerprint density at radius 3 is 2.55 bits per heavy atom. The fraction of sp³-hybridized carbons (Fsp3) is 0.294. The molecule has 0 bridgehead atoms. The van der Waals surface area contributed by atoms with Gasteiger partial charge in [-0.25, -0.2) is 4.98 Å². The first kappa shape index (κ1) is 15.6. The molecule has 5 heteroatoms. The Balaban J connectivity index is 1.82. The summed E-state index contributed by atoms with van der Waals surface area (Å²) in [6, 6.07) is 11.8. The summed E-state index contributed by atoms with van der Waals surface area (Å²) in [5, 5.41) is 0.778. The number of benzene rings is 1. The number of pyridine rings is 1. The Morgan fingerprint density at radius 1 is 1.09 bits per heavy atom. The van der Waals surface area contributed by atoms with Gasteiger partial charge in [-0.2, -0.15) is 0 Å². The summed E-state index contributed by atoms with van der Waals surface area (Å²) in [6.45, 7) is 1.71. The van der Waals surface area contributed by atoms with Gasteiger partial charge in [0.05, 0.1) is 5.56 Å². The van der Waals surface area contributed by atoms with Crippen molar-refractivity contribution in [2.75, 3.05) is 13.1 Å². The van der Waals surface area contributed by atoms with Crippen LogP contribution in [0.3, 0.4) is 0 Å². The minimum atomic E-state index is 0.104. The largest absolute Gasteiger partial charge is 0.339 e. The monoisotopic (exact) mass is 376 g/mol. The van der Waals surface area contributed by atoms with Crippen LogP contribution in [0, 0.1) is 0 Å². The molecule has 3 rings (SSSR count). The normalized spacial score (nSPS) is 14.9. The molecule has 0 unspecified atom stereocenters. The summed E-state index contributed by atoms with van der Waals surface area (Å²) in [5.41, 5.74) is 0.706. The molecule has 1 aromatic heterocycles. The molecule has 0 N–H and O–H groups in total. The van der Waals surface area contributed by atoms with Crippen molar-refractivity contribution in [2.24, 2.45) is 0 Å². The summed E-state index contributed by atoms with van der Waals surface area (Å²) >= 11 is 4.97. The third-order valence-corrected chi connectivity index (χ3v) is 5.23. The van der Waals surface area contributed by atoms with E-state index in [1.54, 1.807) is 6.20 Å². The number of hydrogen-bond acceptors (Lipinski definition) is 3. The lowest BCUT2D eigenvalue weighted by Gasteiger charge is -2.27. The number of piperidine rings is 1. The van der Waals surface area contributed by atoms with E-state index >= 15 is 0 Å². The van der Waals surface area contributed by atoms with E-state index in [4.69, 9.17) is 0 Å². The highest BCUT2D eigenvalue weighted by Gasteiger charge is 2.21. The van der Waals surface area contributed by atoms with Crippen LogP contribution >= 0.6 is 27.7 Å². The Hall–Kier alpha value is -1.33. The van der Waals surface area contributed by atoms with E-state index in [-0.39, 0.29) is 5.91 Å². The van der Waals surface area contributed by atoms with E-state index in [9.17, 15) is 4.79 Å². The number of carbonyl (C=O) groups excluding carboxylic acids is 1. The number of carbonyl (C=O) groups is 1. The van der Waals surface area contributed by atoms with Crippen molar-refractivity contribution in [1.82, 2.24) is 9.88 Å². The molecule has 0 spiro atoms. The molecule has 1 saturated heterocycles. The van der Waals surface area contributed by atoms with E-state index in [1.807, 2.05) is 41.3 Å². The lowest BCUT2D eigenvalue weighted by Crippen LogP contribution is -2.35. The number of halogens is 1. The van der Waals surface area contributed by atoms with Gasteiger partial charge in [-0.05, 0) is 55.7 Å². The zero-order chi connectivity index (χ0) is 15.4. The van der Waals surface area contributed by atoms with Gasteiger partial charge in [0.2, 0.25) is 0 Å². The molecule has 0 aliphatic carbocycles. The summed E-state index contributed by atoms with van der Waals surface area (Å²) in [4.78, 5) is 20.2. The predicted octanol–water partition coefficient (Wildman–Crippen LogP) is 4.62. The first-order valence-corrected chi connectivity index (χ1v) is 9.03. The first-order chi connectivity index (χ1) is 10.7. The van der Waals surface area contributed by atoms with E-state index in [2.05, 4.69) is 20.9 Å². The maximum Gasteiger partial charge on any atom is 0.256 e. The number of hydrogen-bond donors (Lipinski definition) is 0. The first-order valence-electron chi connectivity index (χ1n) is 7.42. The van der Waals surface area contributed by atoms with Gasteiger partial charge < -0.3 is 4.90 Å². The van der Waals surface area contributed by atoms with Crippen molar-refractivity contribution in [3.05, 3.63) is 52.6 Å². The summed E-state index contributed by atoms with van der Waals surface area (Å²) in [6.07, 6.45) is 5.16. The van der Waals surface area contributed by atoms with Crippen LogP contribution < -0.4 is 0 Å². The van der Waals surface area contributed by atoms with Crippen molar-refractivity contribution < 1.29 is 4.79 Å². The smallest absolute Gasteiger partial charge is 0.256 e. The van der Waals surface area contributed by atoms with Crippen LogP contribution in [-0.2, 0) is 0 Å². The van der Waals surface area contributed by atoms with Crippen LogP contribution in [0.25, 0.3) is 0 Å². The molecule has 1 aliphatic rings. The lowest BCUT2D eigenvalue weighted by atomic mass is 10.1. The molecule has 2 heterocycles. The minimum Gasteiger partial charge on any atom is -0.339 e. The highest BCUT2D eigenvalue weighted by molar-refractivity contribution is 9.10. The summed E-state index contributed by atoms with van der Waals surface area (Å²) in [7, 11) is 0. The van der Waals surface area contributed by atoms with Gasteiger partial charge in [-0.1, -0.05) is 27.7 Å². The quantitative estimate of drug-likeness (QED) is 0.783. The van der Waals surface area contributed by atoms with Crippen LogP contribution in [0.1, 0.15) is 29.6 Å². The lowest BCUT2D eigenvalue weighted by molar-refractivity contribution is 0.0720. The average Bonchev–Trinajstić information content (AvgIpc) is 2.58. The predicted molar refractivity (Wildman–Crippen MR) is 92.3 cm³/mol. The second kappa shape index (κ2) is 7.29. The molecule has 3 nitrogen and oxygen atoms in total. The van der Waals surface area contributed by atoms with Crippen molar-refractivity contribution >= 4 is 33.6 Å². The topological polar surface area (TPSA) is 33.2 Å². The Morgan fingerprint density at radius 2 is 1.82 bits per heavy atom. The number of amides is 1. The molecule has 0 saturated carbocycles. The molecule has 0 atom stereocenters. The van der Waals surface area contributed by atoms with Crippen LogP contribution in [0.15, 0.2) is 57.0 Å². The molecule has 114 valence electrons. The standard InChI is InChI=1S/C17H17BrN2OS/c18-13-6-8-14(9-7-13)22-16-15(5-4-10-19-16)17(21)20-11-2-1-3-12-20/h4-10H,1-3,11-12H2.